The summed E-state index contributed by atoms with van der Waals surface area (Å²) in [6.45, 7) is 6.29. The lowest BCUT2D eigenvalue weighted by Crippen LogP contribution is -2.19. The number of hydrogen-bond donors (Lipinski definition) is 2. The summed E-state index contributed by atoms with van der Waals surface area (Å²) in [7, 11) is 0. The summed E-state index contributed by atoms with van der Waals surface area (Å²) in [5.74, 6) is 1.49. The van der Waals surface area contributed by atoms with E-state index in [4.69, 9.17) is 9.47 Å². The van der Waals surface area contributed by atoms with Gasteiger partial charge in [0.05, 0.1) is 5.75 Å². The lowest BCUT2D eigenvalue weighted by molar-refractivity contribution is -0.118. The summed E-state index contributed by atoms with van der Waals surface area (Å²) in [6.07, 6.45) is 0.462. The van der Waals surface area contributed by atoms with Gasteiger partial charge in [0.15, 0.2) is 11.5 Å². The molecule has 28 heavy (non-hydrogen) atoms. The molecule has 0 atom stereocenters. The van der Waals surface area contributed by atoms with Crippen molar-refractivity contribution >= 4 is 35.0 Å². The lowest BCUT2D eigenvalue weighted by Gasteiger charge is -2.17. The van der Waals surface area contributed by atoms with Crippen molar-refractivity contribution < 1.29 is 19.1 Å². The Hall–Kier alpha value is -2.67. The Morgan fingerprint density at radius 3 is 2.29 bits per heavy atom. The Bertz CT molecular complexity index is 860. The van der Waals surface area contributed by atoms with Crippen molar-refractivity contribution in [1.29, 1.82) is 0 Å². The van der Waals surface area contributed by atoms with Crippen LogP contribution in [0.4, 0.5) is 11.4 Å². The second-order valence-corrected chi connectivity index (χ2v) is 8.76. The molecular weight excluding hydrogens is 376 g/mol. The molecule has 0 saturated heterocycles. The van der Waals surface area contributed by atoms with Gasteiger partial charge >= 0.3 is 0 Å². The van der Waals surface area contributed by atoms with Gasteiger partial charge < -0.3 is 20.1 Å². The van der Waals surface area contributed by atoms with Crippen LogP contribution in [0.15, 0.2) is 47.4 Å². The Balaban J connectivity index is 1.46. The minimum Gasteiger partial charge on any atom is -0.454 e. The minimum atomic E-state index is -0.105. The van der Waals surface area contributed by atoms with Gasteiger partial charge in [-0.15, -0.1) is 11.8 Å². The summed E-state index contributed by atoms with van der Waals surface area (Å²) in [4.78, 5) is 25.1. The third kappa shape index (κ3) is 5.92. The topological polar surface area (TPSA) is 76.7 Å². The first-order valence-electron chi connectivity index (χ1n) is 9.01. The molecule has 2 N–H and O–H groups in total. The van der Waals surface area contributed by atoms with Crippen LogP contribution in [0.25, 0.3) is 0 Å². The molecule has 2 aromatic carbocycles. The van der Waals surface area contributed by atoms with Gasteiger partial charge in [0, 0.05) is 28.8 Å². The SMILES string of the molecule is CC(C)(C)CC(=O)Nc1ccc(SCC(=O)Nc2ccc3c(c2)OCO3)cc1. The van der Waals surface area contributed by atoms with Crippen LogP contribution in [0, 0.1) is 5.41 Å². The van der Waals surface area contributed by atoms with E-state index in [1.165, 1.54) is 11.8 Å². The number of thioether (sulfide) groups is 1. The van der Waals surface area contributed by atoms with Gasteiger partial charge in [0.2, 0.25) is 18.6 Å². The highest BCUT2D eigenvalue weighted by atomic mass is 32.2. The zero-order valence-corrected chi connectivity index (χ0v) is 17.0. The molecule has 6 nitrogen and oxygen atoms in total. The fraction of sp³-hybridized carbons (Fsp3) is 0.333. The van der Waals surface area contributed by atoms with Crippen LogP contribution >= 0.6 is 11.8 Å². The number of carbonyl (C=O) groups excluding carboxylic acids is 2. The molecule has 2 aromatic rings. The second kappa shape index (κ2) is 8.56. The molecular formula is C21H24N2O4S. The quantitative estimate of drug-likeness (QED) is 0.697. The first-order chi connectivity index (χ1) is 13.3. The minimum absolute atomic E-state index is 0.00370. The molecule has 0 saturated carbocycles. The number of rotatable bonds is 6. The van der Waals surface area contributed by atoms with Gasteiger partial charge in [-0.25, -0.2) is 0 Å². The van der Waals surface area contributed by atoms with Crippen LogP contribution in [0.2, 0.25) is 0 Å². The Labute approximate surface area is 169 Å². The molecule has 2 amide bonds. The maximum absolute atomic E-state index is 12.2. The summed E-state index contributed by atoms with van der Waals surface area (Å²) in [6, 6.07) is 12.8. The lowest BCUT2D eigenvalue weighted by atomic mass is 9.92. The van der Waals surface area contributed by atoms with Gasteiger partial charge in [-0.1, -0.05) is 20.8 Å². The van der Waals surface area contributed by atoms with E-state index in [-0.39, 0.29) is 29.8 Å². The smallest absolute Gasteiger partial charge is 0.234 e. The van der Waals surface area contributed by atoms with E-state index in [2.05, 4.69) is 10.6 Å². The Morgan fingerprint density at radius 2 is 1.57 bits per heavy atom. The van der Waals surface area contributed by atoms with E-state index in [0.717, 1.165) is 10.6 Å². The summed E-state index contributed by atoms with van der Waals surface area (Å²) in [5, 5.41) is 5.74. The van der Waals surface area contributed by atoms with Crippen molar-refractivity contribution in [2.24, 2.45) is 5.41 Å². The van der Waals surface area contributed by atoms with E-state index in [1.54, 1.807) is 18.2 Å². The number of anilines is 2. The zero-order chi connectivity index (χ0) is 20.1. The van der Waals surface area contributed by atoms with E-state index < -0.39 is 0 Å². The fourth-order valence-electron chi connectivity index (χ4n) is 2.64. The molecule has 0 fully saturated rings. The van der Waals surface area contributed by atoms with E-state index in [0.29, 0.717) is 23.6 Å². The van der Waals surface area contributed by atoms with Crippen molar-refractivity contribution in [3.63, 3.8) is 0 Å². The largest absolute Gasteiger partial charge is 0.454 e. The molecule has 0 bridgehead atoms. The molecule has 3 rings (SSSR count). The van der Waals surface area contributed by atoms with Crippen molar-refractivity contribution in [2.75, 3.05) is 23.2 Å². The highest BCUT2D eigenvalue weighted by Gasteiger charge is 2.16. The van der Waals surface area contributed by atoms with E-state index >= 15 is 0 Å². The highest BCUT2D eigenvalue weighted by Crippen LogP contribution is 2.34. The molecule has 0 spiro atoms. The number of fused-ring (bicyclic) bond motifs is 1. The van der Waals surface area contributed by atoms with E-state index in [1.807, 2.05) is 45.0 Å². The summed E-state index contributed by atoms with van der Waals surface area (Å²) >= 11 is 1.43. The van der Waals surface area contributed by atoms with Crippen LogP contribution in [-0.2, 0) is 9.59 Å². The molecule has 0 unspecified atom stereocenters. The monoisotopic (exact) mass is 400 g/mol. The maximum atomic E-state index is 12.2. The zero-order valence-electron chi connectivity index (χ0n) is 16.2. The average Bonchev–Trinajstić information content (AvgIpc) is 3.07. The number of amides is 2. The molecule has 0 aliphatic carbocycles. The van der Waals surface area contributed by atoms with Crippen LogP contribution in [0.1, 0.15) is 27.2 Å². The predicted molar refractivity (Wildman–Crippen MR) is 111 cm³/mol. The van der Waals surface area contributed by atoms with Gasteiger partial charge in [-0.2, -0.15) is 0 Å². The highest BCUT2D eigenvalue weighted by molar-refractivity contribution is 8.00. The van der Waals surface area contributed by atoms with Crippen molar-refractivity contribution in [3.05, 3.63) is 42.5 Å². The molecule has 1 heterocycles. The Morgan fingerprint density at radius 1 is 0.929 bits per heavy atom. The van der Waals surface area contributed by atoms with Crippen LogP contribution in [0.3, 0.4) is 0 Å². The third-order valence-corrected chi connectivity index (χ3v) is 4.87. The van der Waals surface area contributed by atoms with Gasteiger partial charge in [0.1, 0.15) is 0 Å². The maximum Gasteiger partial charge on any atom is 0.234 e. The molecule has 1 aliphatic rings. The number of hydrogen-bond acceptors (Lipinski definition) is 5. The van der Waals surface area contributed by atoms with Crippen LogP contribution in [0.5, 0.6) is 11.5 Å². The number of benzene rings is 2. The summed E-state index contributed by atoms with van der Waals surface area (Å²) in [5.41, 5.74) is 1.38. The second-order valence-electron chi connectivity index (χ2n) is 7.71. The number of nitrogens with one attached hydrogen (secondary N) is 2. The van der Waals surface area contributed by atoms with Crippen LogP contribution in [-0.4, -0.2) is 24.4 Å². The Kier molecular flexibility index (Phi) is 6.14. The summed E-state index contributed by atoms with van der Waals surface area (Å²) < 4.78 is 10.6. The third-order valence-electron chi connectivity index (χ3n) is 3.86. The predicted octanol–water partition coefficient (Wildman–Crippen LogP) is 4.52. The van der Waals surface area contributed by atoms with Crippen molar-refractivity contribution in [1.82, 2.24) is 0 Å². The standard InChI is InChI=1S/C21H24N2O4S/c1-21(2,3)11-19(24)22-14-4-7-16(8-5-14)28-12-20(25)23-15-6-9-17-18(10-15)27-13-26-17/h4-10H,11-13H2,1-3H3,(H,22,24)(H,23,25). The molecule has 7 heteroatoms. The molecule has 0 aromatic heterocycles. The fourth-order valence-corrected chi connectivity index (χ4v) is 3.34. The van der Waals surface area contributed by atoms with E-state index in [9.17, 15) is 9.59 Å². The van der Waals surface area contributed by atoms with Gasteiger partial charge in [-0.05, 0) is 41.8 Å². The molecule has 0 radical (unpaired) electrons. The van der Waals surface area contributed by atoms with Gasteiger partial charge in [0.25, 0.3) is 0 Å². The first-order valence-corrected chi connectivity index (χ1v) is 9.99. The average molecular weight is 401 g/mol. The molecule has 148 valence electrons. The van der Waals surface area contributed by atoms with Crippen molar-refractivity contribution in [2.45, 2.75) is 32.1 Å². The number of carbonyl (C=O) groups is 2. The number of ether oxygens (including phenoxy) is 2. The molecule has 1 aliphatic heterocycles. The van der Waals surface area contributed by atoms with Crippen molar-refractivity contribution in [3.8, 4) is 11.5 Å². The normalized spacial score (nSPS) is 12.5. The first kappa shape index (κ1) is 20.1. The van der Waals surface area contributed by atoms with Crippen LogP contribution < -0.4 is 20.1 Å². The van der Waals surface area contributed by atoms with Gasteiger partial charge in [-0.3, -0.25) is 9.59 Å².